The zero-order valence-corrected chi connectivity index (χ0v) is 10.8. The maximum absolute atomic E-state index is 10.3. The monoisotopic (exact) mass is 255 g/mol. The van der Waals surface area contributed by atoms with E-state index in [4.69, 9.17) is 4.74 Å². The van der Waals surface area contributed by atoms with Crippen LogP contribution >= 0.6 is 0 Å². The molecule has 3 nitrogen and oxygen atoms in total. The minimum Gasteiger partial charge on any atom is -0.496 e. The molecule has 1 aliphatic rings. The largest absolute Gasteiger partial charge is 0.496 e. The van der Waals surface area contributed by atoms with Gasteiger partial charge in [-0.1, -0.05) is 36.4 Å². The Morgan fingerprint density at radius 1 is 1.05 bits per heavy atom. The molecule has 0 saturated carbocycles. The molecule has 0 spiro atoms. The summed E-state index contributed by atoms with van der Waals surface area (Å²) < 4.78 is 5.40. The minimum absolute atomic E-state index is 0.0704. The fourth-order valence-electron chi connectivity index (χ4n) is 2.67. The summed E-state index contributed by atoms with van der Waals surface area (Å²) in [5, 5.41) is 13.8. The van der Waals surface area contributed by atoms with Gasteiger partial charge in [0.2, 0.25) is 0 Å². The highest BCUT2D eigenvalue weighted by Gasteiger charge is 2.27. The Morgan fingerprint density at radius 3 is 2.53 bits per heavy atom. The standard InChI is InChI=1S/C16H17NO2/c1-19-16-9-5-3-7-12(16)14-10-15(18)11-6-2-4-8-13(11)17-14/h2-9,14-15,17-18H,10H2,1H3. The zero-order valence-electron chi connectivity index (χ0n) is 10.8. The number of fused-ring (bicyclic) bond motifs is 1. The second-order valence-electron chi connectivity index (χ2n) is 4.78. The predicted molar refractivity (Wildman–Crippen MR) is 75.4 cm³/mol. The third-order valence-electron chi connectivity index (χ3n) is 3.62. The fraction of sp³-hybridized carbons (Fsp3) is 0.250. The summed E-state index contributed by atoms with van der Waals surface area (Å²) >= 11 is 0. The molecule has 0 radical (unpaired) electrons. The number of ether oxygens (including phenoxy) is 1. The molecule has 98 valence electrons. The molecule has 0 aliphatic carbocycles. The number of anilines is 1. The molecule has 19 heavy (non-hydrogen) atoms. The van der Waals surface area contributed by atoms with Crippen LogP contribution in [0.15, 0.2) is 48.5 Å². The number of benzene rings is 2. The molecular formula is C16H17NO2. The van der Waals surface area contributed by atoms with Crippen LogP contribution in [0.2, 0.25) is 0 Å². The zero-order chi connectivity index (χ0) is 13.2. The second-order valence-corrected chi connectivity index (χ2v) is 4.78. The SMILES string of the molecule is COc1ccccc1C1CC(O)c2ccccc2N1. The van der Waals surface area contributed by atoms with Gasteiger partial charge in [-0.2, -0.15) is 0 Å². The van der Waals surface area contributed by atoms with E-state index in [1.807, 2.05) is 48.5 Å². The Balaban J connectivity index is 1.97. The molecule has 3 rings (SSSR count). The predicted octanol–water partition coefficient (Wildman–Crippen LogP) is 3.29. The van der Waals surface area contributed by atoms with Crippen LogP contribution in [0.25, 0.3) is 0 Å². The molecule has 2 unspecified atom stereocenters. The summed E-state index contributed by atoms with van der Waals surface area (Å²) in [6.07, 6.45) is 0.213. The molecule has 2 atom stereocenters. The number of hydrogen-bond donors (Lipinski definition) is 2. The first-order valence-electron chi connectivity index (χ1n) is 6.46. The summed E-state index contributed by atoms with van der Waals surface area (Å²) in [4.78, 5) is 0. The average molecular weight is 255 g/mol. The van der Waals surface area contributed by atoms with E-state index in [0.717, 1.165) is 22.6 Å². The number of para-hydroxylation sites is 2. The Hall–Kier alpha value is -2.00. The van der Waals surface area contributed by atoms with Crippen LogP contribution in [0.5, 0.6) is 5.75 Å². The van der Waals surface area contributed by atoms with E-state index < -0.39 is 6.10 Å². The summed E-state index contributed by atoms with van der Waals surface area (Å²) in [5.74, 6) is 0.853. The van der Waals surface area contributed by atoms with E-state index >= 15 is 0 Å². The summed E-state index contributed by atoms with van der Waals surface area (Å²) in [6.45, 7) is 0. The highest BCUT2D eigenvalue weighted by Crippen LogP contribution is 2.40. The lowest BCUT2D eigenvalue weighted by atomic mass is 9.91. The van der Waals surface area contributed by atoms with Crippen molar-refractivity contribution < 1.29 is 9.84 Å². The van der Waals surface area contributed by atoms with Crippen LogP contribution in [0.3, 0.4) is 0 Å². The second kappa shape index (κ2) is 4.94. The van der Waals surface area contributed by atoms with E-state index in [-0.39, 0.29) is 6.04 Å². The summed E-state index contributed by atoms with van der Waals surface area (Å²) in [6, 6.07) is 15.9. The number of hydrogen-bond acceptors (Lipinski definition) is 3. The van der Waals surface area contributed by atoms with Crippen LogP contribution < -0.4 is 10.1 Å². The van der Waals surface area contributed by atoms with Gasteiger partial charge in [-0.05, 0) is 12.1 Å². The first-order chi connectivity index (χ1) is 9.29. The number of aliphatic hydroxyl groups is 1. The van der Waals surface area contributed by atoms with Crippen molar-refractivity contribution in [1.29, 1.82) is 0 Å². The number of aliphatic hydroxyl groups excluding tert-OH is 1. The van der Waals surface area contributed by atoms with Crippen LogP contribution in [0, 0.1) is 0 Å². The van der Waals surface area contributed by atoms with Gasteiger partial charge in [0.15, 0.2) is 0 Å². The molecule has 0 amide bonds. The van der Waals surface area contributed by atoms with Gasteiger partial charge in [0.25, 0.3) is 0 Å². The van der Waals surface area contributed by atoms with Crippen molar-refractivity contribution in [3.63, 3.8) is 0 Å². The van der Waals surface area contributed by atoms with Crippen molar-refractivity contribution in [2.24, 2.45) is 0 Å². The average Bonchev–Trinajstić information content (AvgIpc) is 2.47. The van der Waals surface area contributed by atoms with Crippen molar-refractivity contribution in [2.45, 2.75) is 18.6 Å². The van der Waals surface area contributed by atoms with Crippen molar-refractivity contribution in [2.75, 3.05) is 12.4 Å². The van der Waals surface area contributed by atoms with Crippen LogP contribution in [-0.4, -0.2) is 12.2 Å². The number of rotatable bonds is 2. The Bertz CT molecular complexity index is 582. The van der Waals surface area contributed by atoms with Gasteiger partial charge in [-0.3, -0.25) is 0 Å². The van der Waals surface area contributed by atoms with E-state index in [1.165, 1.54) is 0 Å². The Kier molecular flexibility index (Phi) is 3.13. The van der Waals surface area contributed by atoms with Crippen molar-refractivity contribution >= 4 is 5.69 Å². The lowest BCUT2D eigenvalue weighted by Gasteiger charge is -2.31. The van der Waals surface area contributed by atoms with E-state index in [0.29, 0.717) is 6.42 Å². The van der Waals surface area contributed by atoms with Crippen LogP contribution in [0.4, 0.5) is 5.69 Å². The van der Waals surface area contributed by atoms with E-state index in [2.05, 4.69) is 5.32 Å². The Labute approximate surface area is 112 Å². The molecule has 0 saturated heterocycles. The number of nitrogens with one attached hydrogen (secondary N) is 1. The van der Waals surface area contributed by atoms with Crippen molar-refractivity contribution in [3.05, 3.63) is 59.7 Å². The van der Waals surface area contributed by atoms with Crippen LogP contribution in [-0.2, 0) is 0 Å². The van der Waals surface area contributed by atoms with Gasteiger partial charge in [0, 0.05) is 23.2 Å². The molecule has 0 fully saturated rings. The topological polar surface area (TPSA) is 41.5 Å². The summed E-state index contributed by atoms with van der Waals surface area (Å²) in [5.41, 5.74) is 3.05. The molecule has 1 heterocycles. The lowest BCUT2D eigenvalue weighted by molar-refractivity contribution is 0.155. The molecule has 2 aromatic rings. The van der Waals surface area contributed by atoms with Crippen LogP contribution in [0.1, 0.15) is 29.7 Å². The smallest absolute Gasteiger partial charge is 0.124 e. The highest BCUT2D eigenvalue weighted by molar-refractivity contribution is 5.57. The highest BCUT2D eigenvalue weighted by atomic mass is 16.5. The normalized spacial score (nSPS) is 21.4. The maximum Gasteiger partial charge on any atom is 0.124 e. The van der Waals surface area contributed by atoms with Gasteiger partial charge in [-0.15, -0.1) is 0 Å². The van der Waals surface area contributed by atoms with Crippen molar-refractivity contribution in [3.8, 4) is 5.75 Å². The third kappa shape index (κ3) is 2.17. The summed E-state index contributed by atoms with van der Waals surface area (Å²) in [7, 11) is 1.67. The molecule has 2 N–H and O–H groups in total. The quantitative estimate of drug-likeness (QED) is 0.865. The molecule has 1 aliphatic heterocycles. The Morgan fingerprint density at radius 2 is 1.74 bits per heavy atom. The minimum atomic E-state index is -0.438. The molecule has 0 aromatic heterocycles. The molecule has 2 aromatic carbocycles. The van der Waals surface area contributed by atoms with Gasteiger partial charge in [-0.25, -0.2) is 0 Å². The third-order valence-corrected chi connectivity index (χ3v) is 3.62. The van der Waals surface area contributed by atoms with Gasteiger partial charge in [0.05, 0.1) is 19.3 Å². The first kappa shape index (κ1) is 12.1. The van der Waals surface area contributed by atoms with E-state index in [9.17, 15) is 5.11 Å². The fourth-order valence-corrected chi connectivity index (χ4v) is 2.67. The molecule has 0 bridgehead atoms. The number of methoxy groups -OCH3 is 1. The van der Waals surface area contributed by atoms with Gasteiger partial charge < -0.3 is 15.2 Å². The lowest BCUT2D eigenvalue weighted by Crippen LogP contribution is -2.21. The molecule has 3 heteroatoms. The van der Waals surface area contributed by atoms with Gasteiger partial charge in [0.1, 0.15) is 5.75 Å². The molecular weight excluding hydrogens is 238 g/mol. The first-order valence-corrected chi connectivity index (χ1v) is 6.46. The van der Waals surface area contributed by atoms with E-state index in [1.54, 1.807) is 7.11 Å². The maximum atomic E-state index is 10.3. The van der Waals surface area contributed by atoms with Gasteiger partial charge >= 0.3 is 0 Å². The van der Waals surface area contributed by atoms with Crippen molar-refractivity contribution in [1.82, 2.24) is 0 Å².